The summed E-state index contributed by atoms with van der Waals surface area (Å²) in [7, 11) is 1.42. The van der Waals surface area contributed by atoms with Crippen LogP contribution in [0, 0.1) is 29.6 Å². The van der Waals surface area contributed by atoms with Gasteiger partial charge in [0.1, 0.15) is 47.1 Å². The largest absolute Gasteiger partial charge is 0.507 e. The monoisotopic (exact) mass is 1380 g/mol. The number of nitrogens with one attached hydrogen (secondary N) is 5. The number of allylic oxidation sites excluding steroid dienone is 2. The summed E-state index contributed by atoms with van der Waals surface area (Å²) < 4.78 is 31.6. The van der Waals surface area contributed by atoms with Crippen molar-refractivity contribution in [2.24, 2.45) is 35.3 Å². The summed E-state index contributed by atoms with van der Waals surface area (Å²) in [6, 6.07) is 8.40. The molecule has 0 saturated carbocycles. The number of hydrogen-bond acceptors (Lipinski definition) is 20. The van der Waals surface area contributed by atoms with Crippen LogP contribution in [0.5, 0.6) is 17.2 Å². The van der Waals surface area contributed by atoms with Gasteiger partial charge in [-0.3, -0.25) is 43.3 Å². The average Bonchev–Trinajstić information content (AvgIpc) is 1.29. The van der Waals surface area contributed by atoms with Crippen LogP contribution in [-0.2, 0) is 44.8 Å². The number of phenols is 1. The standard InChI is InChI=1S/C73H91N9O18/c1-38(2)59(78-53(84)21-12-10-15-32-82-54(85)26-27-55(82)86)71(94)77-47(20-17-29-75-72(74)95)70(93)76-45-24-22-44(23-25-45)37-97-51-34-46(81-30-13-11-14-31-81)35-52-60(51)79-61-58-56-48(83)36-50-57(58)68(91)73(8,100-50)98-33-28-49(96-9)41(5)64(88)43(7)65(89)42(6)63(87)39(3)18-16-19-40(4)69(92)80-62(66(56)90)67(61)99-52/h16,18-19,22-28,33-36,38-39,41-43,47,49,59,63-65,83,87-89H,10-15,17,20-21,29-32,37H2,1-9H3,(H,76,93)(H,77,94)(H,78,84)(H,80,92)(H3,74,75,95)/b18-16+,33-28+,40-19-/t39-,41+,42+,43-,47-,49-,59-,63-,64+,65+,73-/m0/s1. The second-order valence-electron chi connectivity index (χ2n) is 26.8. The van der Waals surface area contributed by atoms with Gasteiger partial charge in [-0.15, -0.1) is 0 Å². The minimum atomic E-state index is -2.13. The maximum atomic E-state index is 15.2. The summed E-state index contributed by atoms with van der Waals surface area (Å²) in [5.74, 6) is -10.0. The van der Waals surface area contributed by atoms with E-state index in [0.29, 0.717) is 49.3 Å². The molecule has 11 N–H and O–H groups in total. The zero-order chi connectivity index (χ0) is 72.4. The van der Waals surface area contributed by atoms with Crippen LogP contribution >= 0.6 is 0 Å². The maximum Gasteiger partial charge on any atom is 0.312 e. The molecule has 5 heterocycles. The van der Waals surface area contributed by atoms with Gasteiger partial charge < -0.3 is 81.0 Å². The lowest BCUT2D eigenvalue weighted by atomic mass is 9.78. The second-order valence-corrected chi connectivity index (χ2v) is 26.8. The van der Waals surface area contributed by atoms with Crippen LogP contribution in [0.15, 0.2) is 100.0 Å². The van der Waals surface area contributed by atoms with Gasteiger partial charge in [0.05, 0.1) is 41.6 Å². The van der Waals surface area contributed by atoms with Crippen molar-refractivity contribution >= 4 is 86.2 Å². The number of amides is 8. The van der Waals surface area contributed by atoms with Crippen molar-refractivity contribution in [3.05, 3.63) is 112 Å². The number of imide groups is 1. The van der Waals surface area contributed by atoms with Crippen LogP contribution in [0.4, 0.5) is 21.9 Å². The Hall–Kier alpha value is -9.70. The van der Waals surface area contributed by atoms with Crippen LogP contribution in [0.3, 0.4) is 0 Å². The van der Waals surface area contributed by atoms with Crippen LogP contribution in [-0.4, -0.2) is 153 Å². The van der Waals surface area contributed by atoms with Crippen LogP contribution in [0.25, 0.3) is 33.3 Å². The molecule has 6 aliphatic rings. The van der Waals surface area contributed by atoms with Crippen molar-refractivity contribution in [2.75, 3.05) is 48.8 Å². The molecule has 3 aromatic rings. The third-order valence-corrected chi connectivity index (χ3v) is 19.1. The first-order valence-electron chi connectivity index (χ1n) is 34.0. The first-order valence-corrected chi connectivity index (χ1v) is 34.0. The fourth-order valence-corrected chi connectivity index (χ4v) is 13.0. The topological polar surface area (TPSA) is 390 Å². The molecule has 27 nitrogen and oxygen atoms in total. The fraction of sp³-hybridized carbons (Fsp3) is 0.479. The number of hydrogen-bond donors (Lipinski definition) is 10. The molecule has 9 rings (SSSR count). The molecule has 8 amide bonds. The minimum absolute atomic E-state index is 0.0690. The van der Waals surface area contributed by atoms with Gasteiger partial charge >= 0.3 is 11.8 Å². The van der Waals surface area contributed by atoms with Crippen molar-refractivity contribution in [1.82, 2.24) is 25.8 Å². The predicted molar refractivity (Wildman–Crippen MR) is 372 cm³/mol. The smallest absolute Gasteiger partial charge is 0.312 e. The van der Waals surface area contributed by atoms with E-state index < -0.39 is 130 Å². The van der Waals surface area contributed by atoms with E-state index in [1.165, 1.54) is 51.5 Å². The number of primary amides is 1. The molecule has 11 atom stereocenters. The third-order valence-electron chi connectivity index (χ3n) is 19.1. The zero-order valence-corrected chi connectivity index (χ0v) is 57.8. The molecule has 0 radical (unpaired) electrons. The number of aliphatic hydroxyl groups is 3. The zero-order valence-electron chi connectivity index (χ0n) is 57.8. The van der Waals surface area contributed by atoms with Crippen molar-refractivity contribution in [1.29, 1.82) is 0 Å². The summed E-state index contributed by atoms with van der Waals surface area (Å²) in [5, 5.41) is 59.5. The number of aromatic hydroxyl groups is 1. The van der Waals surface area contributed by atoms with Gasteiger partial charge in [0.25, 0.3) is 23.5 Å². The number of benzene rings is 4. The number of carbonyl (C=O) groups is 8. The van der Waals surface area contributed by atoms with E-state index in [-0.39, 0.29) is 101 Å². The van der Waals surface area contributed by atoms with Gasteiger partial charge in [-0.25, -0.2) is 9.78 Å². The highest BCUT2D eigenvalue weighted by atomic mass is 16.7. The number of aromatic nitrogens is 1. The number of ketones is 1. The molecule has 3 aromatic carbocycles. The minimum Gasteiger partial charge on any atom is -0.507 e. The second kappa shape index (κ2) is 32.5. The van der Waals surface area contributed by atoms with Crippen molar-refractivity contribution in [2.45, 2.75) is 162 Å². The Morgan fingerprint density at radius 1 is 0.840 bits per heavy atom. The number of piperidine rings is 1. The number of carbonyl (C=O) groups excluding carboxylic acids is 8. The van der Waals surface area contributed by atoms with E-state index in [9.17, 15) is 54.0 Å². The van der Waals surface area contributed by atoms with Crippen molar-refractivity contribution in [3.8, 4) is 28.7 Å². The predicted octanol–water partition coefficient (Wildman–Crippen LogP) is 7.14. The number of phenolic OH excluding ortho intramolecular Hbond substituents is 1. The molecule has 1 saturated heterocycles. The molecular weight excluding hydrogens is 1290 g/mol. The van der Waals surface area contributed by atoms with Crippen molar-refractivity contribution < 1.29 is 82.1 Å². The molecule has 100 heavy (non-hydrogen) atoms. The Morgan fingerprint density at radius 3 is 2.21 bits per heavy atom. The van der Waals surface area contributed by atoms with E-state index in [1.807, 2.05) is 0 Å². The highest BCUT2D eigenvalue weighted by Crippen LogP contribution is 2.49. The molecule has 0 unspecified atom stereocenters. The summed E-state index contributed by atoms with van der Waals surface area (Å²) in [6.07, 6.45) is 10.2. The maximum absolute atomic E-state index is 15.2. The van der Waals surface area contributed by atoms with E-state index in [4.69, 9.17) is 34.1 Å². The number of nitrogens with zero attached hydrogens (tertiary/aromatic N) is 3. The molecular formula is C73H91N9O18. The molecule has 27 heteroatoms. The molecule has 1 aliphatic carbocycles. The van der Waals surface area contributed by atoms with E-state index in [2.05, 4.69) is 31.5 Å². The fourth-order valence-electron chi connectivity index (χ4n) is 13.0. The first kappa shape index (κ1) is 74.5. The summed E-state index contributed by atoms with van der Waals surface area (Å²) in [5.41, 5.74) is 5.58. The summed E-state index contributed by atoms with van der Waals surface area (Å²) >= 11 is 0. The van der Waals surface area contributed by atoms with Gasteiger partial charge in [0.15, 0.2) is 17.1 Å². The normalized spacial score (nSPS) is 24.7. The number of nitrogens with two attached hydrogens (primary N) is 1. The van der Waals surface area contributed by atoms with Crippen LogP contribution < -0.4 is 52.1 Å². The van der Waals surface area contributed by atoms with Gasteiger partial charge in [0, 0.05) is 123 Å². The van der Waals surface area contributed by atoms with Crippen molar-refractivity contribution in [3.63, 3.8) is 0 Å². The Kier molecular flexibility index (Phi) is 24.2. The van der Waals surface area contributed by atoms with Gasteiger partial charge in [-0.05, 0) is 81.6 Å². The molecule has 0 spiro atoms. The lowest BCUT2D eigenvalue weighted by molar-refractivity contribution is -0.137. The Bertz CT molecular complexity index is 4050. The summed E-state index contributed by atoms with van der Waals surface area (Å²) in [4.78, 5) is 130. The molecule has 5 aliphatic heterocycles. The number of ether oxygens (including phenoxy) is 4. The highest BCUT2D eigenvalue weighted by Gasteiger charge is 2.49. The third kappa shape index (κ3) is 16.9. The summed E-state index contributed by atoms with van der Waals surface area (Å²) in [6.45, 7) is 14.7. The molecule has 0 aromatic heterocycles. The van der Waals surface area contributed by atoms with Crippen LogP contribution in [0.1, 0.15) is 129 Å². The van der Waals surface area contributed by atoms with E-state index in [0.717, 1.165) is 30.2 Å². The quantitative estimate of drug-likeness (QED) is 0.0151. The Morgan fingerprint density at radius 2 is 1.53 bits per heavy atom. The number of anilines is 3. The SMILES string of the molecule is CO[C@H]1/C=C/O[C@@]2(C)Oc3cc(O)c4c(=O)c(c5oc6cc(N7CCCCC7)cc(OCc7ccc(NC(=O)[C@H](CCCNC(N)=O)NC(=O)[C@@H](NC(=O)CCCCCN8C(=O)C=CC8=O)C(C)C)cc7)c6nc-5c4c3C2=O)NC(=O)/C(C)=C\C=C\[C@H](C)[C@H](O)[C@@H](C)[C@@H](O)[C@@H](C)[C@H](O)[C@@H]1C. The number of Topliss-reactive ketones (excluding diaryl/α,β-unsaturated/α-hetero) is 1. The highest BCUT2D eigenvalue weighted by molar-refractivity contribution is 6.22. The Labute approximate surface area is 578 Å². The number of methoxy groups -OCH3 is 1. The van der Waals surface area contributed by atoms with Gasteiger partial charge in [-0.2, -0.15) is 0 Å². The lowest BCUT2D eigenvalue weighted by Crippen LogP contribution is -2.54. The number of unbranched alkanes of at least 4 members (excludes halogenated alkanes) is 2. The average molecular weight is 1380 g/mol. The lowest BCUT2D eigenvalue weighted by Gasteiger charge is -2.36. The number of rotatable bonds is 21. The Balaban J connectivity index is 1.03. The first-order chi connectivity index (χ1) is 47.6. The van der Waals surface area contributed by atoms with Crippen LogP contribution in [0.2, 0.25) is 0 Å². The number of fused-ring (bicyclic) bond motifs is 2. The number of urea groups is 1. The van der Waals surface area contributed by atoms with Gasteiger partial charge in [0.2, 0.25) is 23.2 Å². The number of aliphatic hydroxyl groups excluding tert-OH is 3. The van der Waals surface area contributed by atoms with Gasteiger partial charge in [-0.1, -0.05) is 78.3 Å². The van der Waals surface area contributed by atoms with E-state index in [1.54, 1.807) is 90.1 Å². The molecule has 536 valence electrons. The van der Waals surface area contributed by atoms with E-state index >= 15 is 9.59 Å². The molecule has 1 fully saturated rings. The molecule has 4 bridgehead atoms.